The average Bonchev–Trinajstić information content (AvgIpc) is 1.85. The van der Waals surface area contributed by atoms with Crippen molar-refractivity contribution < 1.29 is 9.53 Å². The van der Waals surface area contributed by atoms with Crippen molar-refractivity contribution in [2.45, 2.75) is 0 Å². The van der Waals surface area contributed by atoms with E-state index in [2.05, 4.69) is 9.72 Å². The van der Waals surface area contributed by atoms with Crippen molar-refractivity contribution in [3.8, 4) is 5.88 Å². The summed E-state index contributed by atoms with van der Waals surface area (Å²) in [6, 6.07) is 4.89. The van der Waals surface area contributed by atoms with Crippen LogP contribution < -0.4 is 10.5 Å². The average molecular weight is 170 g/mol. The summed E-state index contributed by atoms with van der Waals surface area (Å²) in [4.78, 5) is 12.9. The van der Waals surface area contributed by atoms with Gasteiger partial charge in [-0.1, -0.05) is 18.3 Å². The van der Waals surface area contributed by atoms with Gasteiger partial charge in [-0.15, -0.1) is 0 Å². The van der Waals surface area contributed by atoms with Gasteiger partial charge in [0.15, 0.2) is 0 Å². The Hall–Kier alpha value is -1.36. The van der Waals surface area contributed by atoms with Crippen LogP contribution in [0.15, 0.2) is 18.2 Å². The van der Waals surface area contributed by atoms with Crippen molar-refractivity contribution in [1.82, 2.24) is 4.98 Å². The Labute approximate surface area is 68.0 Å². The van der Waals surface area contributed by atoms with E-state index < -0.39 is 6.09 Å². The fraction of sp³-hybridized carbons (Fsp3) is 0. The fourth-order valence-corrected chi connectivity index (χ4v) is 0.775. The van der Waals surface area contributed by atoms with Crippen LogP contribution in [-0.4, -0.2) is 11.1 Å². The number of pyridine rings is 1. The van der Waals surface area contributed by atoms with E-state index in [1.807, 2.05) is 0 Å². The number of hydrogen-bond donors (Lipinski definition) is 2. The molecule has 0 aliphatic heterocycles. The number of aromatic nitrogens is 1. The van der Waals surface area contributed by atoms with Gasteiger partial charge in [0, 0.05) is 0 Å². The summed E-state index contributed by atoms with van der Waals surface area (Å²) in [6.07, 6.45) is -0.859. The largest absolute Gasteiger partial charge is 0.411 e. The number of nitrogens with two attached hydrogens (primary N) is 1. The van der Waals surface area contributed by atoms with Crippen LogP contribution in [0.25, 0.3) is 0 Å². The molecular formula is C6H6N2O2S. The molecule has 0 unspecified atom stereocenters. The lowest BCUT2D eigenvalue weighted by molar-refractivity contribution is 0.209. The lowest BCUT2D eigenvalue weighted by atomic mass is 10.5. The minimum atomic E-state index is -0.859. The number of primary amides is 1. The molecule has 0 aromatic carbocycles. The maximum absolute atomic E-state index is 10.2. The second kappa shape index (κ2) is 3.16. The zero-order chi connectivity index (χ0) is 8.27. The van der Waals surface area contributed by atoms with E-state index in [4.69, 9.17) is 18.0 Å². The predicted molar refractivity (Wildman–Crippen MR) is 41.8 cm³/mol. The highest BCUT2D eigenvalue weighted by molar-refractivity contribution is 7.71. The summed E-state index contributed by atoms with van der Waals surface area (Å²) in [6.45, 7) is 0. The molecule has 0 aliphatic rings. The third kappa shape index (κ3) is 2.38. The van der Waals surface area contributed by atoms with Gasteiger partial charge in [0.1, 0.15) is 4.64 Å². The lowest BCUT2D eigenvalue weighted by Crippen LogP contribution is -2.16. The SMILES string of the molecule is NC(=O)Oc1cccc(=S)[nH]1. The van der Waals surface area contributed by atoms with Crippen LogP contribution in [0.3, 0.4) is 0 Å². The smallest absolute Gasteiger partial charge is 0.393 e. The highest BCUT2D eigenvalue weighted by Gasteiger charge is 1.95. The Morgan fingerprint density at radius 2 is 2.36 bits per heavy atom. The van der Waals surface area contributed by atoms with Crippen LogP contribution in [0, 0.1) is 4.64 Å². The first-order chi connectivity index (χ1) is 5.18. The van der Waals surface area contributed by atoms with Gasteiger partial charge in [0.2, 0.25) is 5.88 Å². The monoisotopic (exact) mass is 170 g/mol. The van der Waals surface area contributed by atoms with E-state index >= 15 is 0 Å². The van der Waals surface area contributed by atoms with Gasteiger partial charge < -0.3 is 15.5 Å². The summed E-state index contributed by atoms with van der Waals surface area (Å²) < 4.78 is 5.00. The van der Waals surface area contributed by atoms with Gasteiger partial charge in [0.25, 0.3) is 0 Å². The Balaban J connectivity index is 2.88. The first-order valence-corrected chi connectivity index (χ1v) is 3.26. The number of aromatic amines is 1. The molecule has 0 radical (unpaired) electrons. The number of ether oxygens (including phenoxy) is 1. The quantitative estimate of drug-likeness (QED) is 0.622. The summed E-state index contributed by atoms with van der Waals surface area (Å²) >= 11 is 4.76. The number of rotatable bonds is 1. The Kier molecular flexibility index (Phi) is 2.22. The molecule has 0 fully saturated rings. The van der Waals surface area contributed by atoms with Crippen molar-refractivity contribution in [2.24, 2.45) is 5.73 Å². The van der Waals surface area contributed by atoms with Gasteiger partial charge in [0.05, 0.1) is 0 Å². The zero-order valence-electron chi connectivity index (χ0n) is 5.53. The second-order valence-electron chi connectivity index (χ2n) is 1.80. The van der Waals surface area contributed by atoms with Crippen molar-refractivity contribution in [2.75, 3.05) is 0 Å². The van der Waals surface area contributed by atoms with E-state index in [9.17, 15) is 4.79 Å². The van der Waals surface area contributed by atoms with E-state index in [-0.39, 0.29) is 5.88 Å². The number of carbonyl (C=O) groups excluding carboxylic acids is 1. The maximum Gasteiger partial charge on any atom is 0.411 e. The predicted octanol–water partition coefficient (Wildman–Crippen LogP) is 1.20. The first-order valence-electron chi connectivity index (χ1n) is 2.85. The van der Waals surface area contributed by atoms with Gasteiger partial charge in [-0.2, -0.15) is 0 Å². The van der Waals surface area contributed by atoms with Gasteiger partial charge in [-0.3, -0.25) is 0 Å². The summed E-state index contributed by atoms with van der Waals surface area (Å²) in [7, 11) is 0. The van der Waals surface area contributed by atoms with E-state index in [1.54, 1.807) is 18.2 Å². The normalized spacial score (nSPS) is 9.09. The van der Waals surface area contributed by atoms with E-state index in [0.29, 0.717) is 4.64 Å². The van der Waals surface area contributed by atoms with Gasteiger partial charge in [-0.25, -0.2) is 4.79 Å². The molecule has 1 heterocycles. The highest BCUT2D eigenvalue weighted by atomic mass is 32.1. The summed E-state index contributed by atoms with van der Waals surface area (Å²) in [5, 5.41) is 0. The fourth-order valence-electron chi connectivity index (χ4n) is 0.596. The number of carbonyl (C=O) groups is 1. The van der Waals surface area contributed by atoms with Gasteiger partial charge in [-0.05, 0) is 12.1 Å². The number of H-pyrrole nitrogens is 1. The molecule has 3 N–H and O–H groups in total. The Morgan fingerprint density at radius 1 is 1.64 bits per heavy atom. The molecule has 0 saturated carbocycles. The van der Waals surface area contributed by atoms with Crippen molar-refractivity contribution in [3.05, 3.63) is 22.8 Å². The molecule has 1 rings (SSSR count). The third-order valence-electron chi connectivity index (χ3n) is 0.952. The Bertz CT molecular complexity index is 320. The van der Waals surface area contributed by atoms with Crippen LogP contribution in [0.5, 0.6) is 5.88 Å². The minimum Gasteiger partial charge on any atom is -0.393 e. The third-order valence-corrected chi connectivity index (χ3v) is 1.19. The molecule has 11 heavy (non-hydrogen) atoms. The molecule has 0 atom stereocenters. The molecule has 1 amide bonds. The number of amides is 1. The molecule has 0 saturated heterocycles. The molecular weight excluding hydrogens is 164 g/mol. The topological polar surface area (TPSA) is 68.1 Å². The summed E-state index contributed by atoms with van der Waals surface area (Å²) in [5.74, 6) is 0.255. The standard InChI is InChI=1S/C6H6N2O2S/c7-6(9)10-4-2-1-3-5(11)8-4/h1-3H,(H2,7,9)(H,8,11). The molecule has 0 spiro atoms. The molecule has 1 aromatic heterocycles. The lowest BCUT2D eigenvalue weighted by Gasteiger charge is -1.97. The van der Waals surface area contributed by atoms with E-state index in [1.165, 1.54) is 0 Å². The number of nitrogens with one attached hydrogen (secondary N) is 1. The van der Waals surface area contributed by atoms with Gasteiger partial charge >= 0.3 is 6.09 Å². The molecule has 1 aromatic rings. The second-order valence-corrected chi connectivity index (χ2v) is 2.24. The highest BCUT2D eigenvalue weighted by Crippen LogP contribution is 2.03. The summed E-state index contributed by atoms with van der Waals surface area (Å²) in [5.41, 5.74) is 4.76. The molecule has 0 bridgehead atoms. The molecule has 4 nitrogen and oxygen atoms in total. The minimum absolute atomic E-state index is 0.255. The van der Waals surface area contributed by atoms with Crippen molar-refractivity contribution in [3.63, 3.8) is 0 Å². The maximum atomic E-state index is 10.2. The van der Waals surface area contributed by atoms with Crippen molar-refractivity contribution >= 4 is 18.3 Å². The van der Waals surface area contributed by atoms with E-state index in [0.717, 1.165) is 0 Å². The molecule has 0 aliphatic carbocycles. The number of hydrogen-bond acceptors (Lipinski definition) is 3. The Morgan fingerprint density at radius 3 is 2.91 bits per heavy atom. The molecule has 5 heteroatoms. The van der Waals surface area contributed by atoms with Crippen LogP contribution >= 0.6 is 12.2 Å². The first kappa shape index (κ1) is 7.74. The van der Waals surface area contributed by atoms with Crippen molar-refractivity contribution in [1.29, 1.82) is 0 Å². The van der Waals surface area contributed by atoms with Crippen LogP contribution in [0.4, 0.5) is 4.79 Å². The van der Waals surface area contributed by atoms with Crippen LogP contribution in [-0.2, 0) is 0 Å². The molecule has 58 valence electrons. The van der Waals surface area contributed by atoms with Crippen LogP contribution in [0.1, 0.15) is 0 Å². The van der Waals surface area contributed by atoms with Crippen LogP contribution in [0.2, 0.25) is 0 Å². The zero-order valence-corrected chi connectivity index (χ0v) is 6.35.